The fourth-order valence-corrected chi connectivity index (χ4v) is 5.84. The van der Waals surface area contributed by atoms with Crippen LogP contribution in [0.15, 0.2) is 48.0 Å². The lowest BCUT2D eigenvalue weighted by atomic mass is 9.71. The number of piperidine rings is 3. The van der Waals surface area contributed by atoms with Crippen molar-refractivity contribution >= 4 is 35.2 Å². The summed E-state index contributed by atoms with van der Waals surface area (Å²) in [7, 11) is 1.51. The van der Waals surface area contributed by atoms with Gasteiger partial charge in [0.1, 0.15) is 0 Å². The molecule has 2 aromatic rings. The van der Waals surface area contributed by atoms with Crippen LogP contribution in [-0.2, 0) is 9.53 Å². The highest BCUT2D eigenvalue weighted by Crippen LogP contribution is 2.50. The van der Waals surface area contributed by atoms with Crippen LogP contribution in [0.2, 0.25) is 10.0 Å². The lowest BCUT2D eigenvalue weighted by molar-refractivity contribution is -0.153. The summed E-state index contributed by atoms with van der Waals surface area (Å²) in [6.07, 6.45) is 5.67. The zero-order valence-corrected chi connectivity index (χ0v) is 17.8. The Balaban J connectivity index is 1.42. The molecule has 0 aromatic heterocycles. The Hall–Kier alpha value is -1.81. The molecule has 3 nitrogen and oxygen atoms in total. The summed E-state index contributed by atoms with van der Waals surface area (Å²) in [6, 6.07) is 15.2. The molecule has 0 amide bonds. The van der Waals surface area contributed by atoms with Crippen molar-refractivity contribution in [3.05, 3.63) is 63.6 Å². The molecule has 0 aliphatic carbocycles. The number of hydrogen-bond acceptors (Lipinski definition) is 3. The van der Waals surface area contributed by atoms with E-state index in [9.17, 15) is 4.79 Å². The van der Waals surface area contributed by atoms with Gasteiger partial charge in [-0.3, -0.25) is 9.69 Å². The number of carbonyl (C=O) groups excluding carboxylic acids is 1. The summed E-state index contributed by atoms with van der Waals surface area (Å²) < 4.78 is 5.16. The zero-order chi connectivity index (χ0) is 20.1. The van der Waals surface area contributed by atoms with E-state index >= 15 is 0 Å². The lowest BCUT2D eigenvalue weighted by Crippen LogP contribution is -2.58. The van der Waals surface area contributed by atoms with E-state index in [4.69, 9.17) is 27.9 Å². The highest BCUT2D eigenvalue weighted by atomic mass is 35.5. The molecule has 0 saturated carbocycles. The van der Waals surface area contributed by atoms with Crippen LogP contribution in [0.25, 0.3) is 17.2 Å². The highest BCUT2D eigenvalue weighted by molar-refractivity contribution is 6.42. The molecule has 5 atom stereocenters. The van der Waals surface area contributed by atoms with Gasteiger partial charge in [-0.15, -0.1) is 0 Å². The molecule has 6 rings (SSSR count). The molecule has 0 N–H and O–H groups in total. The van der Waals surface area contributed by atoms with Crippen LogP contribution in [0.4, 0.5) is 0 Å². The van der Waals surface area contributed by atoms with Crippen molar-refractivity contribution < 1.29 is 9.53 Å². The van der Waals surface area contributed by atoms with Gasteiger partial charge in [-0.25, -0.2) is 0 Å². The van der Waals surface area contributed by atoms with Gasteiger partial charge >= 0.3 is 5.97 Å². The van der Waals surface area contributed by atoms with Crippen LogP contribution >= 0.6 is 23.2 Å². The molecule has 29 heavy (non-hydrogen) atoms. The van der Waals surface area contributed by atoms with Gasteiger partial charge < -0.3 is 4.74 Å². The lowest BCUT2D eigenvalue weighted by Gasteiger charge is -2.50. The molecule has 2 aromatic carbocycles. The quantitative estimate of drug-likeness (QED) is 0.588. The van der Waals surface area contributed by atoms with Gasteiger partial charge in [-0.2, -0.15) is 0 Å². The minimum Gasteiger partial charge on any atom is -0.469 e. The van der Waals surface area contributed by atoms with Crippen molar-refractivity contribution in [3.8, 4) is 11.1 Å². The van der Waals surface area contributed by atoms with Gasteiger partial charge in [0, 0.05) is 18.6 Å². The molecule has 4 bridgehead atoms. The first kappa shape index (κ1) is 19.2. The van der Waals surface area contributed by atoms with Crippen LogP contribution in [-0.4, -0.2) is 36.6 Å². The van der Waals surface area contributed by atoms with Crippen LogP contribution in [0.5, 0.6) is 0 Å². The van der Waals surface area contributed by atoms with Crippen LogP contribution < -0.4 is 0 Å². The number of benzene rings is 2. The standard InChI is InChI=1S/C24H23Cl2NO2/c1-29-24(28)23-19-12-18-7-9-22(23)27(18)13-17(19)10-14-2-4-15(5-3-14)16-6-8-20(25)21(26)11-16/h2-6,8,10-11,18-19,22-23H,7,9,12-13H2,1H3/b17-10+/t18-,19+,22+,23-/m0/s1. The normalized spacial score (nSPS) is 31.3. The topological polar surface area (TPSA) is 29.5 Å². The largest absolute Gasteiger partial charge is 0.469 e. The van der Waals surface area contributed by atoms with Crippen molar-refractivity contribution in [2.45, 2.75) is 31.3 Å². The van der Waals surface area contributed by atoms with Crippen molar-refractivity contribution in [1.82, 2.24) is 4.90 Å². The maximum Gasteiger partial charge on any atom is 0.310 e. The first-order valence-electron chi connectivity index (χ1n) is 10.1. The third-order valence-corrected chi connectivity index (χ3v) is 7.63. The van der Waals surface area contributed by atoms with Crippen LogP contribution in [0.1, 0.15) is 24.8 Å². The summed E-state index contributed by atoms with van der Waals surface area (Å²) in [5.74, 6) is 0.236. The Morgan fingerprint density at radius 3 is 2.55 bits per heavy atom. The van der Waals surface area contributed by atoms with E-state index in [1.54, 1.807) is 0 Å². The van der Waals surface area contributed by atoms with Crippen molar-refractivity contribution in [3.63, 3.8) is 0 Å². The number of fused-ring (bicyclic) bond motifs is 1. The van der Waals surface area contributed by atoms with Crippen molar-refractivity contribution in [2.75, 3.05) is 13.7 Å². The van der Waals surface area contributed by atoms with E-state index in [1.165, 1.54) is 19.1 Å². The molecule has 5 heteroatoms. The summed E-state index contributed by atoms with van der Waals surface area (Å²) in [5, 5.41) is 1.12. The Bertz CT molecular complexity index is 985. The first-order chi connectivity index (χ1) is 14.0. The summed E-state index contributed by atoms with van der Waals surface area (Å²) in [6.45, 7) is 0.974. The Morgan fingerprint density at radius 2 is 1.83 bits per heavy atom. The SMILES string of the molecule is COC(=O)[C@H]1[C@@H]2C[C@@H]3CC[C@H]1N3C/C2=C\c1ccc(-c2ccc(Cl)c(Cl)c2)cc1. The van der Waals surface area contributed by atoms with Gasteiger partial charge in [0.25, 0.3) is 0 Å². The second-order valence-corrected chi connectivity index (χ2v) is 9.15. The second-order valence-electron chi connectivity index (χ2n) is 8.33. The molecule has 1 unspecified atom stereocenters. The third kappa shape index (κ3) is 3.30. The van der Waals surface area contributed by atoms with Gasteiger partial charge in [-0.1, -0.05) is 65.2 Å². The summed E-state index contributed by atoms with van der Waals surface area (Å²) >= 11 is 12.2. The Labute approximate surface area is 181 Å². The zero-order valence-electron chi connectivity index (χ0n) is 16.3. The van der Waals surface area contributed by atoms with Crippen LogP contribution in [0, 0.1) is 11.8 Å². The maximum atomic E-state index is 12.5. The van der Waals surface area contributed by atoms with E-state index in [0.29, 0.717) is 28.0 Å². The molecule has 4 heterocycles. The van der Waals surface area contributed by atoms with E-state index in [0.717, 1.165) is 36.1 Å². The number of halogens is 2. The van der Waals surface area contributed by atoms with Gasteiger partial charge in [0.15, 0.2) is 0 Å². The highest BCUT2D eigenvalue weighted by Gasteiger charge is 2.55. The van der Waals surface area contributed by atoms with Gasteiger partial charge in [-0.05, 0) is 54.0 Å². The monoisotopic (exact) mass is 427 g/mol. The summed E-state index contributed by atoms with van der Waals surface area (Å²) in [5.41, 5.74) is 4.67. The number of carbonyl (C=O) groups is 1. The fraction of sp³-hybridized carbons (Fsp3) is 0.375. The minimum atomic E-state index is -0.0501. The smallest absolute Gasteiger partial charge is 0.310 e. The predicted molar refractivity (Wildman–Crippen MR) is 117 cm³/mol. The third-order valence-electron chi connectivity index (χ3n) is 6.90. The second kappa shape index (κ2) is 7.46. The molecule has 4 fully saturated rings. The number of nitrogens with zero attached hydrogens (tertiary/aromatic N) is 1. The molecular formula is C24H23Cl2NO2. The van der Waals surface area contributed by atoms with Crippen molar-refractivity contribution in [1.29, 1.82) is 0 Å². The molecule has 150 valence electrons. The molecule has 4 saturated heterocycles. The molecule has 4 aliphatic heterocycles. The predicted octanol–water partition coefficient (Wildman–Crippen LogP) is 5.70. The average molecular weight is 428 g/mol. The van der Waals surface area contributed by atoms with Crippen molar-refractivity contribution in [2.24, 2.45) is 11.8 Å². The Morgan fingerprint density at radius 1 is 1.07 bits per heavy atom. The fourth-order valence-electron chi connectivity index (χ4n) is 5.54. The number of rotatable bonds is 3. The maximum absolute atomic E-state index is 12.5. The number of ether oxygens (including phenoxy) is 1. The molecule has 0 radical (unpaired) electrons. The molecule has 0 spiro atoms. The van der Waals surface area contributed by atoms with E-state index in [1.807, 2.05) is 18.2 Å². The average Bonchev–Trinajstić information content (AvgIpc) is 3.04. The minimum absolute atomic E-state index is 0.0192. The molecular weight excluding hydrogens is 405 g/mol. The number of methoxy groups -OCH3 is 1. The van der Waals surface area contributed by atoms with Gasteiger partial charge in [0.05, 0.1) is 23.1 Å². The molecule has 4 aliphatic rings. The first-order valence-corrected chi connectivity index (χ1v) is 10.9. The van der Waals surface area contributed by atoms with E-state index in [2.05, 4.69) is 35.2 Å². The Kier molecular flexibility index (Phi) is 4.93. The van der Waals surface area contributed by atoms with E-state index < -0.39 is 0 Å². The van der Waals surface area contributed by atoms with Gasteiger partial charge in [0.2, 0.25) is 0 Å². The van der Waals surface area contributed by atoms with Crippen LogP contribution in [0.3, 0.4) is 0 Å². The van der Waals surface area contributed by atoms with E-state index in [-0.39, 0.29) is 11.9 Å². The number of hydrogen-bond donors (Lipinski definition) is 0. The number of esters is 1. The summed E-state index contributed by atoms with van der Waals surface area (Å²) in [4.78, 5) is 15.0.